The predicted molar refractivity (Wildman–Crippen MR) is 93.5 cm³/mol. The third-order valence-electron chi connectivity index (χ3n) is 3.97. The highest BCUT2D eigenvalue weighted by atomic mass is 19.4. The third kappa shape index (κ3) is 4.14. The van der Waals surface area contributed by atoms with Gasteiger partial charge in [0.05, 0.1) is 17.4 Å². The lowest BCUT2D eigenvalue weighted by Gasteiger charge is -2.11. The molecule has 3 aromatic rings. The predicted octanol–water partition coefficient (Wildman–Crippen LogP) is 0.976. The minimum atomic E-state index is -5.19. The van der Waals surface area contributed by atoms with E-state index in [0.29, 0.717) is 23.1 Å². The Labute approximate surface area is 156 Å². The van der Waals surface area contributed by atoms with Crippen LogP contribution in [0.2, 0.25) is 0 Å². The Kier molecular flexibility index (Phi) is 5.10. The molecular weight excluding hydrogens is 378 g/mol. The first-order valence-electron chi connectivity index (χ1n) is 7.94. The molecule has 28 heavy (non-hydrogen) atoms. The molecule has 0 atom stereocenters. The van der Waals surface area contributed by atoms with E-state index < -0.39 is 25.2 Å². The van der Waals surface area contributed by atoms with Gasteiger partial charge in [-0.25, -0.2) is 9.78 Å². The molecular formula is C17H13BF3N3O4. The summed E-state index contributed by atoms with van der Waals surface area (Å²) >= 11 is 0. The maximum absolute atomic E-state index is 12.2. The number of amides is 1. The number of nitrogens with zero attached hydrogens (tertiary/aromatic N) is 2. The van der Waals surface area contributed by atoms with Gasteiger partial charge in [-0.15, -0.1) is 0 Å². The Bertz CT molecular complexity index is 1030. The zero-order chi connectivity index (χ0) is 20.5. The standard InChI is InChI=1S/C17H13BF3N3O4/c19-17(20,21)16(26)28-18(27)12-4-1-10(2-5-12)8-24-9-23-13-6-3-11(15(22)25)7-14(13)24/h1-7,9,27H,8H2,(H2,22,25). The fourth-order valence-corrected chi connectivity index (χ4v) is 2.56. The van der Waals surface area contributed by atoms with Crippen LogP contribution in [0.3, 0.4) is 0 Å². The summed E-state index contributed by atoms with van der Waals surface area (Å²) in [5.41, 5.74) is 7.69. The van der Waals surface area contributed by atoms with E-state index in [0.717, 1.165) is 5.56 Å². The van der Waals surface area contributed by atoms with Crippen molar-refractivity contribution in [2.45, 2.75) is 12.7 Å². The Balaban J connectivity index is 1.76. The molecule has 11 heteroatoms. The summed E-state index contributed by atoms with van der Waals surface area (Å²) in [6.07, 6.45) is -3.61. The van der Waals surface area contributed by atoms with Gasteiger partial charge in [-0.2, -0.15) is 13.2 Å². The van der Waals surface area contributed by atoms with Gasteiger partial charge < -0.3 is 20.0 Å². The Hall–Kier alpha value is -3.34. The van der Waals surface area contributed by atoms with Gasteiger partial charge >= 0.3 is 19.3 Å². The first-order chi connectivity index (χ1) is 13.1. The summed E-state index contributed by atoms with van der Waals surface area (Å²) < 4.78 is 42.3. The van der Waals surface area contributed by atoms with Crippen molar-refractivity contribution in [3.05, 3.63) is 59.9 Å². The van der Waals surface area contributed by atoms with Crippen molar-refractivity contribution in [1.82, 2.24) is 9.55 Å². The summed E-state index contributed by atoms with van der Waals surface area (Å²) in [6, 6.07) is 10.7. The molecule has 144 valence electrons. The Morgan fingerprint density at radius 2 is 1.86 bits per heavy atom. The van der Waals surface area contributed by atoms with Crippen molar-refractivity contribution in [3.8, 4) is 0 Å². The van der Waals surface area contributed by atoms with E-state index in [9.17, 15) is 27.8 Å². The molecule has 1 amide bonds. The number of carbonyl (C=O) groups is 2. The van der Waals surface area contributed by atoms with E-state index in [1.807, 2.05) is 0 Å². The van der Waals surface area contributed by atoms with Crippen molar-refractivity contribution in [2.75, 3.05) is 0 Å². The molecule has 0 aliphatic rings. The molecule has 0 spiro atoms. The number of hydrogen-bond acceptors (Lipinski definition) is 5. The van der Waals surface area contributed by atoms with Crippen LogP contribution in [-0.2, 0) is 16.0 Å². The minimum absolute atomic E-state index is 0.00662. The molecule has 7 nitrogen and oxygen atoms in total. The van der Waals surface area contributed by atoms with E-state index in [-0.39, 0.29) is 5.46 Å². The summed E-state index contributed by atoms with van der Waals surface area (Å²) in [6.45, 7) is 0.345. The topological polar surface area (TPSA) is 107 Å². The maximum Gasteiger partial charge on any atom is 0.562 e. The Morgan fingerprint density at radius 3 is 2.46 bits per heavy atom. The van der Waals surface area contributed by atoms with Crippen LogP contribution in [0.5, 0.6) is 0 Å². The number of hydrogen-bond donors (Lipinski definition) is 2. The van der Waals surface area contributed by atoms with Crippen LogP contribution in [-0.4, -0.2) is 39.7 Å². The lowest BCUT2D eigenvalue weighted by atomic mass is 9.79. The lowest BCUT2D eigenvalue weighted by molar-refractivity contribution is -0.190. The molecule has 0 fully saturated rings. The van der Waals surface area contributed by atoms with Crippen molar-refractivity contribution in [3.63, 3.8) is 0 Å². The number of halogens is 3. The zero-order valence-electron chi connectivity index (χ0n) is 14.2. The van der Waals surface area contributed by atoms with Gasteiger partial charge in [0.15, 0.2) is 0 Å². The van der Waals surface area contributed by atoms with Crippen LogP contribution in [0, 0.1) is 0 Å². The van der Waals surface area contributed by atoms with Crippen LogP contribution in [0.25, 0.3) is 11.0 Å². The number of benzene rings is 2. The monoisotopic (exact) mass is 391 g/mol. The first-order valence-corrected chi connectivity index (χ1v) is 7.94. The maximum atomic E-state index is 12.2. The SMILES string of the molecule is NC(=O)c1ccc2ncn(Cc3ccc(B(O)OC(=O)C(F)(F)F)cc3)c2c1. The van der Waals surface area contributed by atoms with Gasteiger partial charge in [-0.1, -0.05) is 24.3 Å². The molecule has 3 N–H and O–H groups in total. The molecule has 3 rings (SSSR count). The zero-order valence-corrected chi connectivity index (χ0v) is 14.2. The molecule has 2 aromatic carbocycles. The van der Waals surface area contributed by atoms with Gasteiger partial charge in [-0.05, 0) is 29.2 Å². The van der Waals surface area contributed by atoms with Gasteiger partial charge in [0.2, 0.25) is 5.91 Å². The van der Waals surface area contributed by atoms with Crippen LogP contribution in [0.1, 0.15) is 15.9 Å². The van der Waals surface area contributed by atoms with Crippen LogP contribution in [0.4, 0.5) is 13.2 Å². The normalized spacial score (nSPS) is 11.4. The lowest BCUT2D eigenvalue weighted by Crippen LogP contribution is -2.40. The molecule has 0 saturated carbocycles. The molecule has 1 aromatic heterocycles. The molecule has 0 radical (unpaired) electrons. The number of fused-ring (bicyclic) bond motifs is 1. The van der Waals surface area contributed by atoms with E-state index in [1.54, 1.807) is 41.2 Å². The second-order valence-corrected chi connectivity index (χ2v) is 5.94. The summed E-state index contributed by atoms with van der Waals surface area (Å²) in [4.78, 5) is 26.3. The fourth-order valence-electron chi connectivity index (χ4n) is 2.56. The third-order valence-corrected chi connectivity index (χ3v) is 3.97. The molecule has 1 heterocycles. The van der Waals surface area contributed by atoms with E-state index in [4.69, 9.17) is 5.73 Å². The van der Waals surface area contributed by atoms with E-state index in [1.165, 1.54) is 12.1 Å². The highest BCUT2D eigenvalue weighted by Crippen LogP contribution is 2.18. The van der Waals surface area contributed by atoms with Crippen molar-refractivity contribution >= 4 is 35.5 Å². The molecule has 0 aliphatic heterocycles. The van der Waals surface area contributed by atoms with Gasteiger partial charge in [0.25, 0.3) is 0 Å². The van der Waals surface area contributed by atoms with Crippen molar-refractivity contribution in [1.29, 1.82) is 0 Å². The molecule has 0 saturated heterocycles. The summed E-state index contributed by atoms with van der Waals surface area (Å²) in [5, 5.41) is 9.62. The summed E-state index contributed by atoms with van der Waals surface area (Å²) in [5.74, 6) is -3.04. The van der Waals surface area contributed by atoms with Crippen LogP contribution >= 0.6 is 0 Å². The summed E-state index contributed by atoms with van der Waals surface area (Å²) in [7, 11) is -2.03. The average molecular weight is 391 g/mol. The quantitative estimate of drug-likeness (QED) is 0.631. The van der Waals surface area contributed by atoms with Crippen LogP contribution in [0.15, 0.2) is 48.8 Å². The second kappa shape index (κ2) is 7.35. The van der Waals surface area contributed by atoms with Crippen molar-refractivity contribution < 1.29 is 32.4 Å². The van der Waals surface area contributed by atoms with Crippen molar-refractivity contribution in [2.24, 2.45) is 5.73 Å². The fraction of sp³-hybridized carbons (Fsp3) is 0.118. The highest BCUT2D eigenvalue weighted by molar-refractivity contribution is 6.61. The number of primary amides is 1. The highest BCUT2D eigenvalue weighted by Gasteiger charge is 2.43. The largest absolute Gasteiger partial charge is 0.562 e. The van der Waals surface area contributed by atoms with E-state index in [2.05, 4.69) is 9.64 Å². The molecule has 0 unspecified atom stereocenters. The van der Waals surface area contributed by atoms with Gasteiger partial charge in [-0.3, -0.25) is 4.79 Å². The number of rotatable bonds is 5. The van der Waals surface area contributed by atoms with Crippen LogP contribution < -0.4 is 11.2 Å². The smallest absolute Gasteiger partial charge is 0.499 e. The van der Waals surface area contributed by atoms with E-state index >= 15 is 0 Å². The van der Waals surface area contributed by atoms with Gasteiger partial charge in [0.1, 0.15) is 0 Å². The second-order valence-electron chi connectivity index (χ2n) is 5.94. The van der Waals surface area contributed by atoms with Gasteiger partial charge in [0, 0.05) is 12.1 Å². The Morgan fingerprint density at radius 1 is 1.18 bits per heavy atom. The number of imidazole rings is 1. The molecule has 0 bridgehead atoms. The number of aromatic nitrogens is 2. The molecule has 0 aliphatic carbocycles. The number of alkyl halides is 3. The first kappa shape index (κ1) is 19.4. The average Bonchev–Trinajstić information content (AvgIpc) is 3.03. The number of nitrogens with two attached hydrogens (primary N) is 1. The minimum Gasteiger partial charge on any atom is -0.499 e. The number of carbonyl (C=O) groups excluding carboxylic acids is 2.